The summed E-state index contributed by atoms with van der Waals surface area (Å²) in [6.07, 6.45) is 5.39. The van der Waals surface area contributed by atoms with Crippen LogP contribution in [0.2, 0.25) is 0 Å². The predicted molar refractivity (Wildman–Crippen MR) is 78.3 cm³/mol. The maximum absolute atomic E-state index is 3.65. The molecule has 17 heavy (non-hydrogen) atoms. The van der Waals surface area contributed by atoms with Gasteiger partial charge in [-0.3, -0.25) is 0 Å². The molecule has 2 rings (SSSR count). The van der Waals surface area contributed by atoms with Gasteiger partial charge < -0.3 is 5.32 Å². The lowest BCUT2D eigenvalue weighted by molar-refractivity contribution is 0.267. The van der Waals surface area contributed by atoms with Crippen LogP contribution in [-0.4, -0.2) is 6.04 Å². The SMILES string of the molecule is CC(C)C1CCC(Nc2cccc(Br)c2)CC1. The minimum absolute atomic E-state index is 0.666. The van der Waals surface area contributed by atoms with Crippen LogP contribution in [0, 0.1) is 11.8 Å². The van der Waals surface area contributed by atoms with Gasteiger partial charge in [-0.15, -0.1) is 0 Å². The van der Waals surface area contributed by atoms with Crippen LogP contribution in [0.15, 0.2) is 28.7 Å². The summed E-state index contributed by atoms with van der Waals surface area (Å²) in [5, 5.41) is 3.65. The molecule has 2 heteroatoms. The molecule has 0 aliphatic heterocycles. The second-order valence-corrected chi connectivity index (χ2v) is 6.43. The van der Waals surface area contributed by atoms with Crippen molar-refractivity contribution in [1.29, 1.82) is 0 Å². The molecule has 1 saturated carbocycles. The zero-order valence-electron chi connectivity index (χ0n) is 10.7. The smallest absolute Gasteiger partial charge is 0.0353 e. The first kappa shape index (κ1) is 12.9. The van der Waals surface area contributed by atoms with Crippen molar-refractivity contribution in [3.63, 3.8) is 0 Å². The van der Waals surface area contributed by atoms with Gasteiger partial charge in [-0.2, -0.15) is 0 Å². The van der Waals surface area contributed by atoms with Crippen molar-refractivity contribution in [3.05, 3.63) is 28.7 Å². The van der Waals surface area contributed by atoms with Crippen molar-refractivity contribution >= 4 is 21.6 Å². The largest absolute Gasteiger partial charge is 0.382 e. The molecule has 0 radical (unpaired) electrons. The molecule has 1 nitrogen and oxygen atoms in total. The zero-order valence-corrected chi connectivity index (χ0v) is 12.3. The van der Waals surface area contributed by atoms with E-state index in [4.69, 9.17) is 0 Å². The number of halogens is 1. The van der Waals surface area contributed by atoms with Gasteiger partial charge >= 0.3 is 0 Å². The van der Waals surface area contributed by atoms with Crippen LogP contribution in [0.1, 0.15) is 39.5 Å². The normalized spacial score (nSPS) is 24.9. The fourth-order valence-corrected chi connectivity index (χ4v) is 3.14. The fourth-order valence-electron chi connectivity index (χ4n) is 2.74. The van der Waals surface area contributed by atoms with Crippen LogP contribution in [0.4, 0.5) is 5.69 Å². The van der Waals surface area contributed by atoms with E-state index in [0.717, 1.165) is 16.3 Å². The lowest BCUT2D eigenvalue weighted by Crippen LogP contribution is -2.27. The molecule has 0 aromatic heterocycles. The van der Waals surface area contributed by atoms with Crippen molar-refractivity contribution in [1.82, 2.24) is 0 Å². The number of hydrogen-bond acceptors (Lipinski definition) is 1. The Bertz CT molecular complexity index is 354. The Kier molecular flexibility index (Phi) is 4.49. The predicted octanol–water partition coefficient (Wildman–Crippen LogP) is 5.08. The molecule has 0 amide bonds. The van der Waals surface area contributed by atoms with E-state index in [9.17, 15) is 0 Å². The maximum Gasteiger partial charge on any atom is 0.0353 e. The summed E-state index contributed by atoms with van der Waals surface area (Å²) in [7, 11) is 0. The fraction of sp³-hybridized carbons (Fsp3) is 0.600. The van der Waals surface area contributed by atoms with Gasteiger partial charge in [-0.25, -0.2) is 0 Å². The van der Waals surface area contributed by atoms with E-state index in [1.807, 2.05) is 0 Å². The minimum atomic E-state index is 0.666. The van der Waals surface area contributed by atoms with Gasteiger partial charge in [0.2, 0.25) is 0 Å². The van der Waals surface area contributed by atoms with Gasteiger partial charge in [-0.1, -0.05) is 35.8 Å². The Morgan fingerprint density at radius 2 is 1.88 bits per heavy atom. The highest BCUT2D eigenvalue weighted by molar-refractivity contribution is 9.10. The van der Waals surface area contributed by atoms with Crippen LogP contribution in [-0.2, 0) is 0 Å². The molecule has 1 fully saturated rings. The average Bonchev–Trinajstić information content (AvgIpc) is 2.29. The number of rotatable bonds is 3. The average molecular weight is 296 g/mol. The third-order valence-electron chi connectivity index (χ3n) is 3.91. The summed E-state index contributed by atoms with van der Waals surface area (Å²) in [5.41, 5.74) is 1.24. The Hall–Kier alpha value is -0.500. The van der Waals surface area contributed by atoms with Gasteiger partial charge in [0.25, 0.3) is 0 Å². The van der Waals surface area contributed by atoms with Gasteiger partial charge in [0, 0.05) is 16.2 Å². The molecule has 1 aliphatic carbocycles. The summed E-state index contributed by atoms with van der Waals surface area (Å²) in [5.74, 6) is 1.79. The second-order valence-electron chi connectivity index (χ2n) is 5.51. The number of hydrogen-bond donors (Lipinski definition) is 1. The van der Waals surface area contributed by atoms with Gasteiger partial charge in [0.05, 0.1) is 0 Å². The standard InChI is InChI=1S/C15H22BrN/c1-11(2)12-6-8-14(9-7-12)17-15-5-3-4-13(16)10-15/h3-5,10-12,14,17H,6-9H2,1-2H3. The highest BCUT2D eigenvalue weighted by atomic mass is 79.9. The third kappa shape index (κ3) is 3.74. The van der Waals surface area contributed by atoms with Crippen LogP contribution in [0.3, 0.4) is 0 Å². The lowest BCUT2D eigenvalue weighted by atomic mass is 9.79. The molecule has 0 saturated heterocycles. The monoisotopic (exact) mass is 295 g/mol. The molecular weight excluding hydrogens is 274 g/mol. The highest BCUT2D eigenvalue weighted by Crippen LogP contribution is 2.31. The van der Waals surface area contributed by atoms with E-state index in [0.29, 0.717) is 6.04 Å². The first-order valence-corrected chi connectivity index (χ1v) is 7.46. The molecule has 1 aromatic carbocycles. The van der Waals surface area contributed by atoms with E-state index < -0.39 is 0 Å². The molecular formula is C15H22BrN. The first-order valence-electron chi connectivity index (χ1n) is 6.67. The molecule has 1 aromatic rings. The molecule has 0 unspecified atom stereocenters. The molecule has 0 bridgehead atoms. The lowest BCUT2D eigenvalue weighted by Gasteiger charge is -2.31. The topological polar surface area (TPSA) is 12.0 Å². The van der Waals surface area contributed by atoms with E-state index in [2.05, 4.69) is 59.4 Å². The summed E-state index contributed by atoms with van der Waals surface area (Å²) in [4.78, 5) is 0. The van der Waals surface area contributed by atoms with E-state index >= 15 is 0 Å². The highest BCUT2D eigenvalue weighted by Gasteiger charge is 2.22. The number of anilines is 1. The van der Waals surface area contributed by atoms with E-state index in [-0.39, 0.29) is 0 Å². The molecule has 1 aliphatic rings. The third-order valence-corrected chi connectivity index (χ3v) is 4.40. The second kappa shape index (κ2) is 5.90. The zero-order chi connectivity index (χ0) is 12.3. The van der Waals surface area contributed by atoms with E-state index in [1.54, 1.807) is 0 Å². The van der Waals surface area contributed by atoms with Crippen LogP contribution < -0.4 is 5.32 Å². The Morgan fingerprint density at radius 3 is 2.47 bits per heavy atom. The van der Waals surface area contributed by atoms with E-state index in [1.165, 1.54) is 31.4 Å². The molecule has 0 heterocycles. The molecule has 1 N–H and O–H groups in total. The van der Waals surface area contributed by atoms with Crippen molar-refractivity contribution in [2.24, 2.45) is 11.8 Å². The Labute approximate surface area is 113 Å². The van der Waals surface area contributed by atoms with Crippen LogP contribution in [0.25, 0.3) is 0 Å². The molecule has 0 spiro atoms. The summed E-state index contributed by atoms with van der Waals surface area (Å²) in [6.45, 7) is 4.71. The summed E-state index contributed by atoms with van der Waals surface area (Å²) in [6, 6.07) is 9.14. The summed E-state index contributed by atoms with van der Waals surface area (Å²) < 4.78 is 1.15. The van der Waals surface area contributed by atoms with Crippen molar-refractivity contribution in [2.45, 2.75) is 45.6 Å². The van der Waals surface area contributed by atoms with Crippen molar-refractivity contribution < 1.29 is 0 Å². The van der Waals surface area contributed by atoms with Gasteiger partial charge in [0.1, 0.15) is 0 Å². The number of nitrogens with one attached hydrogen (secondary N) is 1. The Balaban J connectivity index is 1.86. The minimum Gasteiger partial charge on any atom is -0.382 e. The number of benzene rings is 1. The van der Waals surface area contributed by atoms with Crippen molar-refractivity contribution in [3.8, 4) is 0 Å². The maximum atomic E-state index is 3.65. The summed E-state index contributed by atoms with van der Waals surface area (Å²) >= 11 is 3.52. The van der Waals surface area contributed by atoms with Crippen LogP contribution >= 0.6 is 15.9 Å². The first-order chi connectivity index (χ1) is 8.15. The quantitative estimate of drug-likeness (QED) is 0.820. The van der Waals surface area contributed by atoms with Gasteiger partial charge in [0.15, 0.2) is 0 Å². The Morgan fingerprint density at radius 1 is 1.18 bits per heavy atom. The van der Waals surface area contributed by atoms with Crippen LogP contribution in [0.5, 0.6) is 0 Å². The molecule has 0 atom stereocenters. The molecule has 94 valence electrons. The van der Waals surface area contributed by atoms with Crippen molar-refractivity contribution in [2.75, 3.05) is 5.32 Å². The van der Waals surface area contributed by atoms with Gasteiger partial charge in [-0.05, 0) is 55.7 Å².